The van der Waals surface area contributed by atoms with E-state index in [2.05, 4.69) is 63.1 Å². The molecule has 0 amide bonds. The predicted molar refractivity (Wildman–Crippen MR) is 71.3 cm³/mol. The minimum Gasteiger partial charge on any atom is -0.225 e. The van der Waals surface area contributed by atoms with Gasteiger partial charge in [0, 0.05) is 11.6 Å². The third kappa shape index (κ3) is 2.82. The quantitative estimate of drug-likeness (QED) is 0.535. The zero-order valence-corrected chi connectivity index (χ0v) is 10.8. The summed E-state index contributed by atoms with van der Waals surface area (Å²) in [6.45, 7) is 12.8. The molecule has 0 saturated heterocycles. The van der Waals surface area contributed by atoms with Crippen molar-refractivity contribution in [2.45, 2.75) is 39.8 Å². The van der Waals surface area contributed by atoms with Crippen LogP contribution in [0, 0.1) is 0 Å². The molecule has 0 aliphatic rings. The van der Waals surface area contributed by atoms with Crippen molar-refractivity contribution < 1.29 is 4.58 Å². The van der Waals surface area contributed by atoms with E-state index in [0.29, 0.717) is 12.1 Å². The Kier molecular flexibility index (Phi) is 4.48. The summed E-state index contributed by atoms with van der Waals surface area (Å²) in [7, 11) is 0. The Morgan fingerprint density at radius 2 is 1.56 bits per heavy atom. The average molecular weight is 216 g/mol. The highest BCUT2D eigenvalue weighted by atomic mass is 15.1. The van der Waals surface area contributed by atoms with Gasteiger partial charge in [0.2, 0.25) is 5.71 Å². The lowest BCUT2D eigenvalue weighted by molar-refractivity contribution is -0.586. The van der Waals surface area contributed by atoms with Crippen molar-refractivity contribution in [2.24, 2.45) is 0 Å². The number of allylic oxidation sites excluding steroid dienone is 1. The molecule has 0 aliphatic heterocycles. The van der Waals surface area contributed by atoms with Crippen LogP contribution in [0.3, 0.4) is 0 Å². The first-order chi connectivity index (χ1) is 7.57. The van der Waals surface area contributed by atoms with Gasteiger partial charge >= 0.3 is 0 Å². The predicted octanol–water partition coefficient (Wildman–Crippen LogP) is 3.49. The van der Waals surface area contributed by atoms with Crippen LogP contribution in [0.25, 0.3) is 0 Å². The van der Waals surface area contributed by atoms with Crippen LogP contribution in [0.1, 0.15) is 33.3 Å². The summed E-state index contributed by atoms with van der Waals surface area (Å²) in [5.41, 5.74) is 2.45. The average Bonchev–Trinajstić information content (AvgIpc) is 2.25. The molecule has 0 atom stereocenters. The molecule has 0 heterocycles. The fourth-order valence-electron chi connectivity index (χ4n) is 2.13. The third-order valence-electron chi connectivity index (χ3n) is 2.65. The highest BCUT2D eigenvalue weighted by Gasteiger charge is 2.20. The first-order valence-corrected chi connectivity index (χ1v) is 5.91. The zero-order valence-electron chi connectivity index (χ0n) is 10.8. The Balaban J connectivity index is 3.32. The molecule has 0 aliphatic carbocycles. The molecule has 0 fully saturated rings. The third-order valence-corrected chi connectivity index (χ3v) is 2.65. The molecule has 1 nitrogen and oxygen atoms in total. The van der Waals surface area contributed by atoms with E-state index in [1.165, 1.54) is 11.3 Å². The van der Waals surface area contributed by atoms with Crippen LogP contribution in [0.4, 0.5) is 0 Å². The van der Waals surface area contributed by atoms with Crippen molar-refractivity contribution in [3.05, 3.63) is 48.6 Å². The normalized spacial score (nSPS) is 10.6. The first kappa shape index (κ1) is 12.7. The van der Waals surface area contributed by atoms with E-state index < -0.39 is 0 Å². The maximum absolute atomic E-state index is 3.94. The molecular formula is C15H22N+. The monoisotopic (exact) mass is 216 g/mol. The summed E-state index contributed by atoms with van der Waals surface area (Å²) < 4.78 is 2.39. The maximum atomic E-state index is 3.94. The minimum absolute atomic E-state index is 0.480. The lowest BCUT2D eigenvalue weighted by Gasteiger charge is -2.15. The van der Waals surface area contributed by atoms with Crippen LogP contribution in [-0.2, 0) is 0 Å². The maximum Gasteiger partial charge on any atom is 0.206 e. The molecule has 0 saturated carbocycles. The number of nitrogens with zero attached hydrogens (tertiary/aromatic N) is 1. The van der Waals surface area contributed by atoms with E-state index in [1.807, 2.05) is 12.1 Å². The Labute approximate surface area is 99.1 Å². The van der Waals surface area contributed by atoms with Crippen LogP contribution in [0.15, 0.2) is 43.0 Å². The fraction of sp³-hybridized carbons (Fsp3) is 0.400. The molecule has 0 bridgehead atoms. The highest BCUT2D eigenvalue weighted by molar-refractivity contribution is 6.04. The van der Waals surface area contributed by atoms with Gasteiger partial charge in [-0.1, -0.05) is 24.8 Å². The number of benzene rings is 1. The van der Waals surface area contributed by atoms with Crippen LogP contribution in [0.5, 0.6) is 0 Å². The number of hydrogen-bond donors (Lipinski definition) is 0. The number of hydrogen-bond acceptors (Lipinski definition) is 0. The van der Waals surface area contributed by atoms with Gasteiger partial charge in [0.15, 0.2) is 0 Å². The summed E-state index contributed by atoms with van der Waals surface area (Å²) in [5, 5.41) is 0. The van der Waals surface area contributed by atoms with Crippen molar-refractivity contribution in [3.8, 4) is 0 Å². The molecule has 86 valence electrons. The lowest BCUT2D eigenvalue weighted by atomic mass is 10.1. The molecule has 1 aromatic rings. The lowest BCUT2D eigenvalue weighted by Crippen LogP contribution is -2.33. The fourth-order valence-corrected chi connectivity index (χ4v) is 2.13. The summed E-state index contributed by atoms with van der Waals surface area (Å²) in [4.78, 5) is 0. The molecule has 1 rings (SSSR count). The molecular weight excluding hydrogens is 194 g/mol. The molecule has 0 aromatic heterocycles. The standard InChI is InChI=1S/C15H22N/c1-6-15(14-10-8-7-9-11-14)16(12(2)3)13(4)5/h6-13H,1H2,2-5H3/q+1. The van der Waals surface area contributed by atoms with Gasteiger partial charge in [-0.05, 0) is 39.8 Å². The molecule has 16 heavy (non-hydrogen) atoms. The van der Waals surface area contributed by atoms with Gasteiger partial charge in [-0.2, -0.15) is 0 Å². The summed E-state index contributed by atoms with van der Waals surface area (Å²) >= 11 is 0. The zero-order chi connectivity index (χ0) is 12.1. The van der Waals surface area contributed by atoms with Crippen LogP contribution in [-0.4, -0.2) is 22.4 Å². The van der Waals surface area contributed by atoms with Gasteiger partial charge in [0.1, 0.15) is 12.1 Å². The largest absolute Gasteiger partial charge is 0.225 e. The molecule has 0 spiro atoms. The van der Waals surface area contributed by atoms with E-state index >= 15 is 0 Å². The minimum atomic E-state index is 0.480. The van der Waals surface area contributed by atoms with Gasteiger partial charge in [0.25, 0.3) is 0 Å². The highest BCUT2D eigenvalue weighted by Crippen LogP contribution is 2.07. The van der Waals surface area contributed by atoms with Gasteiger partial charge in [-0.25, -0.2) is 4.58 Å². The molecule has 1 aromatic carbocycles. The molecule has 0 radical (unpaired) electrons. The topological polar surface area (TPSA) is 3.01 Å². The summed E-state index contributed by atoms with van der Waals surface area (Å²) in [5.74, 6) is 0. The van der Waals surface area contributed by atoms with Gasteiger partial charge < -0.3 is 0 Å². The van der Waals surface area contributed by atoms with E-state index in [-0.39, 0.29) is 0 Å². The second-order valence-corrected chi connectivity index (χ2v) is 4.55. The Morgan fingerprint density at radius 3 is 1.94 bits per heavy atom. The van der Waals surface area contributed by atoms with Crippen molar-refractivity contribution in [1.29, 1.82) is 0 Å². The second kappa shape index (κ2) is 5.64. The number of rotatable bonds is 4. The first-order valence-electron chi connectivity index (χ1n) is 5.91. The smallest absolute Gasteiger partial charge is 0.206 e. The van der Waals surface area contributed by atoms with E-state index in [0.717, 1.165) is 0 Å². The summed E-state index contributed by atoms with van der Waals surface area (Å²) in [6, 6.07) is 11.4. The molecule has 0 N–H and O–H groups in total. The van der Waals surface area contributed by atoms with Crippen molar-refractivity contribution in [1.82, 2.24) is 0 Å². The van der Waals surface area contributed by atoms with Gasteiger partial charge in [0.05, 0.1) is 0 Å². The molecule has 1 heteroatoms. The Morgan fingerprint density at radius 1 is 1.06 bits per heavy atom. The molecule has 0 unspecified atom stereocenters. The van der Waals surface area contributed by atoms with Crippen LogP contribution in [0.2, 0.25) is 0 Å². The van der Waals surface area contributed by atoms with Crippen molar-refractivity contribution in [3.63, 3.8) is 0 Å². The van der Waals surface area contributed by atoms with Crippen LogP contribution < -0.4 is 0 Å². The van der Waals surface area contributed by atoms with Crippen LogP contribution >= 0.6 is 0 Å². The van der Waals surface area contributed by atoms with E-state index in [9.17, 15) is 0 Å². The van der Waals surface area contributed by atoms with Crippen molar-refractivity contribution >= 4 is 5.71 Å². The Bertz CT molecular complexity index is 362. The van der Waals surface area contributed by atoms with Crippen molar-refractivity contribution in [2.75, 3.05) is 0 Å². The SMILES string of the molecule is C=CC(c1ccccc1)=[N+](C(C)C)C(C)C. The second-order valence-electron chi connectivity index (χ2n) is 4.55. The Hall–Kier alpha value is -1.37. The van der Waals surface area contributed by atoms with E-state index in [4.69, 9.17) is 0 Å². The summed E-state index contributed by atoms with van der Waals surface area (Å²) in [6.07, 6.45) is 1.95. The van der Waals surface area contributed by atoms with Gasteiger partial charge in [-0.15, -0.1) is 0 Å². The van der Waals surface area contributed by atoms with E-state index in [1.54, 1.807) is 0 Å². The van der Waals surface area contributed by atoms with Gasteiger partial charge in [-0.3, -0.25) is 0 Å².